The van der Waals surface area contributed by atoms with Crippen LogP contribution in [0.2, 0.25) is 0 Å². The SMILES string of the molecule is C[C@@H]1CN([C@@H](C)CO)S(=O)(=O)c2ccc(-c3ccc(C#N)cc3)cc2O[C@@H]1CN(C)C. The first-order valence-corrected chi connectivity index (χ1v) is 11.7. The van der Waals surface area contributed by atoms with Crippen molar-refractivity contribution in [1.82, 2.24) is 9.21 Å². The van der Waals surface area contributed by atoms with E-state index in [4.69, 9.17) is 10.00 Å². The summed E-state index contributed by atoms with van der Waals surface area (Å²) in [6, 6.07) is 13.7. The van der Waals surface area contributed by atoms with Crippen LogP contribution in [-0.2, 0) is 10.0 Å². The molecule has 2 aromatic carbocycles. The van der Waals surface area contributed by atoms with Crippen molar-refractivity contribution in [1.29, 1.82) is 5.26 Å². The van der Waals surface area contributed by atoms with Gasteiger partial charge >= 0.3 is 0 Å². The third-order valence-electron chi connectivity index (χ3n) is 5.56. The molecule has 31 heavy (non-hydrogen) atoms. The lowest BCUT2D eigenvalue weighted by atomic mass is 10.0. The van der Waals surface area contributed by atoms with Gasteiger partial charge in [0.2, 0.25) is 10.0 Å². The molecule has 0 bridgehead atoms. The molecular formula is C23H29N3O4S. The summed E-state index contributed by atoms with van der Waals surface area (Å²) in [6.45, 7) is 4.31. The number of likely N-dealkylation sites (N-methyl/N-ethyl adjacent to an activating group) is 1. The van der Waals surface area contributed by atoms with E-state index in [9.17, 15) is 13.5 Å². The highest BCUT2D eigenvalue weighted by molar-refractivity contribution is 7.89. The minimum absolute atomic E-state index is 0.0853. The van der Waals surface area contributed by atoms with Crippen molar-refractivity contribution in [2.75, 3.05) is 33.8 Å². The third kappa shape index (κ3) is 4.91. The van der Waals surface area contributed by atoms with Gasteiger partial charge in [-0.15, -0.1) is 0 Å². The van der Waals surface area contributed by atoms with Crippen molar-refractivity contribution < 1.29 is 18.3 Å². The number of aliphatic hydroxyl groups excluding tert-OH is 1. The first kappa shape index (κ1) is 23.2. The van der Waals surface area contributed by atoms with Gasteiger partial charge in [-0.1, -0.05) is 25.1 Å². The quantitative estimate of drug-likeness (QED) is 0.763. The first-order valence-electron chi connectivity index (χ1n) is 10.3. The Morgan fingerprint density at radius 2 is 1.87 bits per heavy atom. The number of rotatable bonds is 5. The predicted octanol–water partition coefficient (Wildman–Crippen LogP) is 2.56. The van der Waals surface area contributed by atoms with Gasteiger partial charge in [0.1, 0.15) is 16.7 Å². The Bertz CT molecular complexity index is 1060. The smallest absolute Gasteiger partial charge is 0.247 e. The zero-order chi connectivity index (χ0) is 22.8. The van der Waals surface area contributed by atoms with E-state index >= 15 is 0 Å². The summed E-state index contributed by atoms with van der Waals surface area (Å²) in [5, 5.41) is 18.7. The maximum atomic E-state index is 13.5. The van der Waals surface area contributed by atoms with Gasteiger partial charge in [-0.25, -0.2) is 8.42 Å². The van der Waals surface area contributed by atoms with Gasteiger partial charge in [-0.2, -0.15) is 9.57 Å². The second kappa shape index (κ2) is 9.37. The highest BCUT2D eigenvalue weighted by Gasteiger charge is 2.37. The zero-order valence-corrected chi connectivity index (χ0v) is 19.1. The lowest BCUT2D eigenvalue weighted by Gasteiger charge is -2.37. The largest absolute Gasteiger partial charge is 0.487 e. The molecule has 1 N–H and O–H groups in total. The number of aliphatic hydroxyl groups is 1. The highest BCUT2D eigenvalue weighted by atomic mass is 32.2. The van der Waals surface area contributed by atoms with E-state index in [1.54, 1.807) is 37.3 Å². The van der Waals surface area contributed by atoms with Crippen LogP contribution < -0.4 is 4.74 Å². The van der Waals surface area contributed by atoms with Gasteiger partial charge in [0.15, 0.2) is 0 Å². The number of nitrogens with zero attached hydrogens (tertiary/aromatic N) is 3. The van der Waals surface area contributed by atoms with Crippen molar-refractivity contribution in [3.8, 4) is 22.9 Å². The average molecular weight is 444 g/mol. The van der Waals surface area contributed by atoms with Crippen LogP contribution in [0.25, 0.3) is 11.1 Å². The van der Waals surface area contributed by atoms with E-state index in [-0.39, 0.29) is 30.1 Å². The number of fused-ring (bicyclic) bond motifs is 1. The Labute approximate surface area is 184 Å². The van der Waals surface area contributed by atoms with E-state index in [1.165, 1.54) is 4.31 Å². The molecule has 1 aliphatic heterocycles. The molecule has 2 aromatic rings. The summed E-state index contributed by atoms with van der Waals surface area (Å²) < 4.78 is 34.6. The van der Waals surface area contributed by atoms with Crippen LogP contribution >= 0.6 is 0 Å². The Hall–Kier alpha value is -2.44. The fraction of sp³-hybridized carbons (Fsp3) is 0.435. The standard InChI is InChI=1S/C23H29N3O4S/c1-16-13-26(17(2)15-27)31(28,29)23-10-9-20(19-7-5-18(12-24)6-8-19)11-21(23)30-22(16)14-25(3)4/h5-11,16-17,22,27H,13-15H2,1-4H3/t16-,17+,22-/m1/s1. The van der Waals surface area contributed by atoms with E-state index < -0.39 is 16.1 Å². The molecular weight excluding hydrogens is 414 g/mol. The van der Waals surface area contributed by atoms with Crippen molar-refractivity contribution in [2.24, 2.45) is 5.92 Å². The minimum atomic E-state index is -3.86. The molecule has 0 unspecified atom stereocenters. The number of hydrogen-bond acceptors (Lipinski definition) is 6. The monoisotopic (exact) mass is 443 g/mol. The number of hydrogen-bond donors (Lipinski definition) is 1. The maximum Gasteiger partial charge on any atom is 0.247 e. The number of sulfonamides is 1. The lowest BCUT2D eigenvalue weighted by molar-refractivity contribution is 0.0813. The molecule has 0 saturated heterocycles. The average Bonchev–Trinajstić information content (AvgIpc) is 2.75. The summed E-state index contributed by atoms with van der Waals surface area (Å²) in [5.74, 6) is 0.216. The molecule has 7 nitrogen and oxygen atoms in total. The lowest BCUT2D eigenvalue weighted by Crippen LogP contribution is -2.49. The van der Waals surface area contributed by atoms with E-state index in [0.717, 1.165) is 11.1 Å². The summed E-state index contributed by atoms with van der Waals surface area (Å²) in [7, 11) is 0.0476. The molecule has 0 saturated carbocycles. The molecule has 1 heterocycles. The summed E-state index contributed by atoms with van der Waals surface area (Å²) in [5.41, 5.74) is 2.22. The fourth-order valence-electron chi connectivity index (χ4n) is 3.72. The Morgan fingerprint density at radius 1 is 1.23 bits per heavy atom. The van der Waals surface area contributed by atoms with E-state index in [2.05, 4.69) is 6.07 Å². The predicted molar refractivity (Wildman–Crippen MR) is 119 cm³/mol. The highest BCUT2D eigenvalue weighted by Crippen LogP contribution is 2.36. The third-order valence-corrected chi connectivity index (χ3v) is 7.58. The molecule has 0 spiro atoms. The maximum absolute atomic E-state index is 13.5. The first-order chi connectivity index (χ1) is 14.7. The van der Waals surface area contributed by atoms with Crippen molar-refractivity contribution in [3.63, 3.8) is 0 Å². The van der Waals surface area contributed by atoms with Crippen LogP contribution in [-0.4, -0.2) is 68.7 Å². The van der Waals surface area contributed by atoms with Crippen LogP contribution in [0.1, 0.15) is 19.4 Å². The van der Waals surface area contributed by atoms with Crippen LogP contribution in [0, 0.1) is 17.2 Å². The molecule has 0 amide bonds. The number of ether oxygens (including phenoxy) is 1. The van der Waals surface area contributed by atoms with Gasteiger partial charge in [-0.3, -0.25) is 0 Å². The Morgan fingerprint density at radius 3 is 2.45 bits per heavy atom. The van der Waals surface area contributed by atoms with Crippen molar-refractivity contribution in [3.05, 3.63) is 48.0 Å². The van der Waals surface area contributed by atoms with Gasteiger partial charge < -0.3 is 14.7 Å². The van der Waals surface area contributed by atoms with Crippen LogP contribution in [0.3, 0.4) is 0 Å². The Balaban J connectivity index is 2.13. The summed E-state index contributed by atoms with van der Waals surface area (Å²) >= 11 is 0. The minimum Gasteiger partial charge on any atom is -0.487 e. The van der Waals surface area contributed by atoms with Crippen LogP contribution in [0.5, 0.6) is 5.75 Å². The fourth-order valence-corrected chi connectivity index (χ4v) is 5.55. The molecule has 8 heteroatoms. The van der Waals surface area contributed by atoms with Gasteiger partial charge in [0, 0.05) is 25.0 Å². The number of nitriles is 1. The zero-order valence-electron chi connectivity index (χ0n) is 18.3. The second-order valence-electron chi connectivity index (χ2n) is 8.35. The van der Waals surface area contributed by atoms with Gasteiger partial charge in [0.25, 0.3) is 0 Å². The molecule has 0 aromatic heterocycles. The second-order valence-corrected chi connectivity index (χ2v) is 10.2. The molecule has 0 aliphatic carbocycles. The molecule has 166 valence electrons. The topological polar surface area (TPSA) is 93.9 Å². The van der Waals surface area contributed by atoms with E-state index in [1.807, 2.05) is 38.1 Å². The molecule has 0 fully saturated rings. The number of benzene rings is 2. The van der Waals surface area contributed by atoms with Gasteiger partial charge in [0.05, 0.1) is 18.2 Å². The van der Waals surface area contributed by atoms with E-state index in [0.29, 0.717) is 17.9 Å². The molecule has 0 radical (unpaired) electrons. The summed E-state index contributed by atoms with van der Waals surface area (Å²) in [6.07, 6.45) is -0.228. The van der Waals surface area contributed by atoms with Crippen LogP contribution in [0.15, 0.2) is 47.4 Å². The van der Waals surface area contributed by atoms with Gasteiger partial charge in [-0.05, 0) is 56.4 Å². The van der Waals surface area contributed by atoms with Crippen molar-refractivity contribution in [2.45, 2.75) is 30.9 Å². The van der Waals surface area contributed by atoms with Crippen molar-refractivity contribution >= 4 is 10.0 Å². The molecule has 1 aliphatic rings. The molecule has 3 atom stereocenters. The Kier molecular flexibility index (Phi) is 7.02. The van der Waals surface area contributed by atoms with Crippen LogP contribution in [0.4, 0.5) is 0 Å². The molecule has 3 rings (SSSR count). The summed E-state index contributed by atoms with van der Waals surface area (Å²) in [4.78, 5) is 2.11. The normalized spacial score (nSPS) is 22.0.